The lowest BCUT2D eigenvalue weighted by Gasteiger charge is -2.59. The van der Waals surface area contributed by atoms with E-state index in [-0.39, 0.29) is 47.1 Å². The van der Waals surface area contributed by atoms with Gasteiger partial charge in [0, 0.05) is 18.8 Å². The van der Waals surface area contributed by atoms with Crippen molar-refractivity contribution in [3.63, 3.8) is 0 Å². The van der Waals surface area contributed by atoms with E-state index in [1.54, 1.807) is 0 Å². The molecular formula is C28H40O6. The molecule has 34 heavy (non-hydrogen) atoms. The maximum absolute atomic E-state index is 13.4. The fourth-order valence-electron chi connectivity index (χ4n) is 10.7. The zero-order valence-electron chi connectivity index (χ0n) is 20.9. The third kappa shape index (κ3) is 2.49. The van der Waals surface area contributed by atoms with Crippen LogP contribution in [0.2, 0.25) is 0 Å². The second-order valence-corrected chi connectivity index (χ2v) is 13.5. The van der Waals surface area contributed by atoms with Crippen LogP contribution in [0.1, 0.15) is 78.6 Å². The maximum atomic E-state index is 13.4. The molecule has 0 aromatic heterocycles. The summed E-state index contributed by atoms with van der Waals surface area (Å²) in [6, 6.07) is 0. The summed E-state index contributed by atoms with van der Waals surface area (Å²) in [4.78, 5) is 26.1. The molecule has 7 aliphatic rings. The van der Waals surface area contributed by atoms with E-state index in [0.29, 0.717) is 42.5 Å². The third-order valence-corrected chi connectivity index (χ3v) is 12.6. The van der Waals surface area contributed by atoms with Crippen molar-refractivity contribution in [3.05, 3.63) is 0 Å². The molecule has 0 aromatic carbocycles. The second kappa shape index (κ2) is 6.86. The number of carbonyl (C=O) groups is 2. The van der Waals surface area contributed by atoms with Gasteiger partial charge in [-0.05, 0) is 87.9 Å². The molecule has 7 fully saturated rings. The molecule has 3 aliphatic heterocycles. The fourth-order valence-corrected chi connectivity index (χ4v) is 10.7. The smallest absolute Gasteiger partial charge is 0.314 e. The molecule has 1 spiro atoms. The average Bonchev–Trinajstić information content (AvgIpc) is 3.38. The van der Waals surface area contributed by atoms with Gasteiger partial charge in [-0.15, -0.1) is 0 Å². The number of hydrogen-bond donors (Lipinski definition) is 1. The van der Waals surface area contributed by atoms with E-state index in [2.05, 4.69) is 13.8 Å². The standard InChI is InChI=1S/C28H40O6/c1-25-10-8-19-15(11-23-28(34-23)9-4-5-22(30)27(19,28)3)17(25)6-7-18(25)16-14-32-26(2)12-21(16)33-24(31)20(26)13-29/h15-21,23,29H,4-14H2,1-3H3. The lowest BCUT2D eigenvalue weighted by Crippen LogP contribution is -2.62. The maximum Gasteiger partial charge on any atom is 0.314 e. The van der Waals surface area contributed by atoms with E-state index in [0.717, 1.165) is 44.9 Å². The van der Waals surface area contributed by atoms with Gasteiger partial charge in [-0.2, -0.15) is 0 Å². The molecule has 4 aliphatic carbocycles. The lowest BCUT2D eigenvalue weighted by atomic mass is 9.44. The van der Waals surface area contributed by atoms with Crippen molar-refractivity contribution >= 4 is 11.8 Å². The highest BCUT2D eigenvalue weighted by Gasteiger charge is 2.78. The molecule has 3 saturated heterocycles. The number of ether oxygens (including phenoxy) is 3. The van der Waals surface area contributed by atoms with E-state index < -0.39 is 11.5 Å². The summed E-state index contributed by atoms with van der Waals surface area (Å²) in [5.74, 6) is 1.86. The Kier molecular flexibility index (Phi) is 4.49. The van der Waals surface area contributed by atoms with Crippen LogP contribution in [-0.4, -0.2) is 53.5 Å². The van der Waals surface area contributed by atoms with Crippen LogP contribution >= 0.6 is 0 Å². The number of carbonyl (C=O) groups excluding carboxylic acids is 2. The van der Waals surface area contributed by atoms with E-state index in [4.69, 9.17) is 14.2 Å². The summed E-state index contributed by atoms with van der Waals surface area (Å²) in [6.45, 7) is 7.10. The minimum absolute atomic E-state index is 0.115. The topological polar surface area (TPSA) is 85.4 Å². The molecule has 7 rings (SSSR count). The van der Waals surface area contributed by atoms with E-state index >= 15 is 0 Å². The predicted octanol–water partition coefficient (Wildman–Crippen LogP) is 3.67. The molecule has 12 unspecified atom stereocenters. The Morgan fingerprint density at radius 1 is 1.00 bits per heavy atom. The van der Waals surface area contributed by atoms with Crippen LogP contribution in [0.15, 0.2) is 0 Å². The molecule has 3 heterocycles. The molecule has 6 heteroatoms. The normalized spacial score (nSPS) is 59.9. The van der Waals surface area contributed by atoms with Crippen LogP contribution in [0.5, 0.6) is 0 Å². The number of esters is 1. The Morgan fingerprint density at radius 3 is 2.53 bits per heavy atom. The summed E-state index contributed by atoms with van der Waals surface area (Å²) < 4.78 is 18.8. The number of rotatable bonds is 2. The number of hydrogen-bond acceptors (Lipinski definition) is 6. The average molecular weight is 473 g/mol. The lowest BCUT2D eigenvalue weighted by molar-refractivity contribution is -0.240. The first-order valence-electron chi connectivity index (χ1n) is 13.8. The fraction of sp³-hybridized carbons (Fsp3) is 0.929. The van der Waals surface area contributed by atoms with E-state index in [1.165, 1.54) is 6.42 Å². The minimum atomic E-state index is -0.617. The molecule has 0 aromatic rings. The second-order valence-electron chi connectivity index (χ2n) is 13.5. The Labute approximate surface area is 202 Å². The van der Waals surface area contributed by atoms with Gasteiger partial charge in [0.2, 0.25) is 0 Å². The molecule has 0 radical (unpaired) electrons. The first-order chi connectivity index (χ1) is 16.2. The molecule has 1 N–H and O–H groups in total. The molecule has 12 atom stereocenters. The predicted molar refractivity (Wildman–Crippen MR) is 123 cm³/mol. The Morgan fingerprint density at radius 2 is 1.76 bits per heavy atom. The highest BCUT2D eigenvalue weighted by molar-refractivity contribution is 5.88. The number of fused-ring (bicyclic) bond motifs is 6. The highest BCUT2D eigenvalue weighted by Crippen LogP contribution is 2.73. The molecular weight excluding hydrogens is 432 g/mol. The van der Waals surface area contributed by atoms with Gasteiger partial charge in [0.15, 0.2) is 0 Å². The quantitative estimate of drug-likeness (QED) is 0.488. The van der Waals surface area contributed by atoms with Crippen molar-refractivity contribution in [2.24, 2.45) is 46.3 Å². The van der Waals surface area contributed by atoms with Gasteiger partial charge in [-0.1, -0.05) is 6.92 Å². The van der Waals surface area contributed by atoms with Gasteiger partial charge < -0.3 is 19.3 Å². The Hall–Kier alpha value is -0.980. The summed E-state index contributed by atoms with van der Waals surface area (Å²) in [5, 5.41) is 9.75. The van der Waals surface area contributed by atoms with Gasteiger partial charge in [0.25, 0.3) is 0 Å². The van der Waals surface area contributed by atoms with Crippen molar-refractivity contribution < 1.29 is 28.9 Å². The number of ketones is 1. The first kappa shape index (κ1) is 22.2. The van der Waals surface area contributed by atoms with Crippen LogP contribution < -0.4 is 0 Å². The van der Waals surface area contributed by atoms with Crippen LogP contribution in [-0.2, 0) is 23.8 Å². The Balaban J connectivity index is 1.16. The largest absolute Gasteiger partial charge is 0.461 e. The highest BCUT2D eigenvalue weighted by atomic mass is 16.6. The molecule has 0 amide bonds. The van der Waals surface area contributed by atoms with Gasteiger partial charge in [-0.25, -0.2) is 0 Å². The van der Waals surface area contributed by atoms with Gasteiger partial charge >= 0.3 is 5.97 Å². The molecule has 4 saturated carbocycles. The molecule has 2 bridgehead atoms. The van der Waals surface area contributed by atoms with Gasteiger partial charge in [0.1, 0.15) is 23.4 Å². The minimum Gasteiger partial charge on any atom is -0.461 e. The number of aliphatic hydroxyl groups excluding tert-OH is 1. The molecule has 6 nitrogen and oxygen atoms in total. The molecule has 188 valence electrons. The summed E-state index contributed by atoms with van der Waals surface area (Å²) in [5.41, 5.74) is -0.886. The zero-order valence-corrected chi connectivity index (χ0v) is 20.9. The van der Waals surface area contributed by atoms with Crippen LogP contribution in [0.4, 0.5) is 0 Å². The summed E-state index contributed by atoms with van der Waals surface area (Å²) in [6.07, 6.45) is 9.33. The van der Waals surface area contributed by atoms with Gasteiger partial charge in [-0.3, -0.25) is 9.59 Å². The van der Waals surface area contributed by atoms with Crippen molar-refractivity contribution in [3.8, 4) is 0 Å². The summed E-state index contributed by atoms with van der Waals surface area (Å²) >= 11 is 0. The third-order valence-electron chi connectivity index (χ3n) is 12.6. The number of Topliss-reactive ketones (excluding diaryl/α,β-unsaturated/α-hetero) is 1. The first-order valence-corrected chi connectivity index (χ1v) is 13.8. The van der Waals surface area contributed by atoms with Crippen molar-refractivity contribution in [1.29, 1.82) is 0 Å². The van der Waals surface area contributed by atoms with Crippen molar-refractivity contribution in [1.82, 2.24) is 0 Å². The van der Waals surface area contributed by atoms with Crippen LogP contribution in [0.25, 0.3) is 0 Å². The van der Waals surface area contributed by atoms with E-state index in [9.17, 15) is 14.7 Å². The van der Waals surface area contributed by atoms with Crippen molar-refractivity contribution in [2.75, 3.05) is 13.2 Å². The monoisotopic (exact) mass is 472 g/mol. The van der Waals surface area contributed by atoms with Gasteiger partial charge in [0.05, 0.1) is 30.3 Å². The SMILES string of the molecule is CC12CC(OC(=O)C1CO)C(C1CCC3C4CC5OC56CCCC(=O)C6(C)C4CCC13C)CO2. The number of aliphatic hydroxyl groups is 1. The zero-order chi connectivity index (χ0) is 23.7. The number of epoxide rings is 1. The van der Waals surface area contributed by atoms with Crippen LogP contribution in [0, 0.1) is 46.3 Å². The van der Waals surface area contributed by atoms with E-state index in [1.807, 2.05) is 6.92 Å². The summed E-state index contributed by atoms with van der Waals surface area (Å²) in [7, 11) is 0. The van der Waals surface area contributed by atoms with Crippen LogP contribution in [0.3, 0.4) is 0 Å². The Bertz CT molecular complexity index is 934. The van der Waals surface area contributed by atoms with Crippen molar-refractivity contribution in [2.45, 2.75) is 102 Å².